The summed E-state index contributed by atoms with van der Waals surface area (Å²) in [5.41, 5.74) is 0. The molecular weight excluding hydrogens is 208 g/mol. The Morgan fingerprint density at radius 3 is 2.53 bits per heavy atom. The van der Waals surface area contributed by atoms with E-state index in [1.54, 1.807) is 0 Å². The third-order valence-corrected chi connectivity index (χ3v) is 3.82. The number of halogens is 1. The number of rotatable bonds is 5. The van der Waals surface area contributed by atoms with Crippen LogP contribution in [-0.4, -0.2) is 56.0 Å². The summed E-state index contributed by atoms with van der Waals surface area (Å²) in [7, 11) is 4.44. The fourth-order valence-electron chi connectivity index (χ4n) is 2.34. The van der Waals surface area contributed by atoms with Gasteiger partial charge in [-0.1, -0.05) is 6.92 Å². The Balaban J connectivity index is 2.17. The van der Waals surface area contributed by atoms with Crippen molar-refractivity contribution in [1.82, 2.24) is 9.80 Å². The monoisotopic (exact) mass is 232 g/mol. The number of likely N-dealkylation sites (tertiary alicyclic amines) is 1. The largest absolute Gasteiger partial charge is 0.306 e. The molecule has 0 spiro atoms. The maximum atomic E-state index is 5.82. The van der Waals surface area contributed by atoms with Crippen molar-refractivity contribution in [3.8, 4) is 0 Å². The minimum atomic E-state index is 0.614. The molecule has 3 heteroatoms. The predicted molar refractivity (Wildman–Crippen MR) is 67.6 cm³/mol. The standard InChI is InChI=1S/C12H25ClN2/c1-11(8-13)9-15(3)10-12-4-6-14(2)7-5-12/h11-12H,4-10H2,1-3H3. The minimum Gasteiger partial charge on any atom is -0.306 e. The van der Waals surface area contributed by atoms with Crippen LogP contribution in [0, 0.1) is 11.8 Å². The van der Waals surface area contributed by atoms with Crippen molar-refractivity contribution in [2.75, 3.05) is 46.2 Å². The van der Waals surface area contributed by atoms with E-state index in [4.69, 9.17) is 11.6 Å². The van der Waals surface area contributed by atoms with E-state index in [9.17, 15) is 0 Å². The van der Waals surface area contributed by atoms with Crippen molar-refractivity contribution in [1.29, 1.82) is 0 Å². The molecule has 15 heavy (non-hydrogen) atoms. The molecule has 2 nitrogen and oxygen atoms in total. The summed E-state index contributed by atoms with van der Waals surface area (Å²) in [6.07, 6.45) is 2.71. The van der Waals surface area contributed by atoms with E-state index in [0.717, 1.165) is 18.3 Å². The molecule has 1 fully saturated rings. The third-order valence-electron chi connectivity index (χ3n) is 3.29. The van der Waals surface area contributed by atoms with Crippen molar-refractivity contribution in [2.24, 2.45) is 11.8 Å². The maximum Gasteiger partial charge on any atom is 0.0261 e. The first-order chi connectivity index (χ1) is 7.11. The topological polar surface area (TPSA) is 6.48 Å². The quantitative estimate of drug-likeness (QED) is 0.671. The van der Waals surface area contributed by atoms with E-state index >= 15 is 0 Å². The lowest BCUT2D eigenvalue weighted by atomic mass is 9.96. The van der Waals surface area contributed by atoms with Crippen LogP contribution in [-0.2, 0) is 0 Å². The number of piperidine rings is 1. The number of hydrogen-bond donors (Lipinski definition) is 0. The molecule has 0 saturated carbocycles. The molecule has 1 saturated heterocycles. The summed E-state index contributed by atoms with van der Waals surface area (Å²) < 4.78 is 0. The Hall–Kier alpha value is 0.210. The Labute approximate surface area is 99.6 Å². The van der Waals surface area contributed by atoms with Crippen LogP contribution in [0.4, 0.5) is 0 Å². The van der Waals surface area contributed by atoms with Gasteiger partial charge in [0.05, 0.1) is 0 Å². The summed E-state index contributed by atoms with van der Waals surface area (Å²) in [6.45, 7) is 7.14. The van der Waals surface area contributed by atoms with Crippen molar-refractivity contribution in [2.45, 2.75) is 19.8 Å². The van der Waals surface area contributed by atoms with Crippen LogP contribution in [0.5, 0.6) is 0 Å². The molecule has 1 atom stereocenters. The molecule has 0 radical (unpaired) electrons. The lowest BCUT2D eigenvalue weighted by molar-refractivity contribution is 0.169. The number of hydrogen-bond acceptors (Lipinski definition) is 2. The molecule has 0 amide bonds. The third kappa shape index (κ3) is 5.19. The molecule has 1 aliphatic heterocycles. The minimum absolute atomic E-state index is 0.614. The normalized spacial score (nSPS) is 22.2. The fourth-order valence-corrected chi connectivity index (χ4v) is 2.44. The van der Waals surface area contributed by atoms with Crippen LogP contribution in [0.25, 0.3) is 0 Å². The first-order valence-corrected chi connectivity index (χ1v) is 6.58. The van der Waals surface area contributed by atoms with E-state index in [1.807, 2.05) is 0 Å². The van der Waals surface area contributed by atoms with Gasteiger partial charge in [-0.15, -0.1) is 11.6 Å². The summed E-state index contributed by atoms with van der Waals surface area (Å²) in [5, 5.41) is 0. The van der Waals surface area contributed by atoms with Crippen LogP contribution in [0.1, 0.15) is 19.8 Å². The highest BCUT2D eigenvalue weighted by molar-refractivity contribution is 6.18. The number of alkyl halides is 1. The molecule has 0 aliphatic carbocycles. The van der Waals surface area contributed by atoms with Crippen molar-refractivity contribution in [3.05, 3.63) is 0 Å². The van der Waals surface area contributed by atoms with E-state index in [2.05, 4.69) is 30.8 Å². The van der Waals surface area contributed by atoms with Gasteiger partial charge in [-0.3, -0.25) is 0 Å². The second-order valence-corrected chi connectivity index (χ2v) is 5.54. The van der Waals surface area contributed by atoms with Crippen LogP contribution in [0.2, 0.25) is 0 Å². The average Bonchev–Trinajstić information content (AvgIpc) is 2.21. The molecule has 0 bridgehead atoms. The molecule has 1 unspecified atom stereocenters. The molecule has 90 valence electrons. The smallest absolute Gasteiger partial charge is 0.0261 e. The van der Waals surface area contributed by atoms with Gasteiger partial charge in [0.25, 0.3) is 0 Å². The molecule has 1 rings (SSSR count). The van der Waals surface area contributed by atoms with Crippen molar-refractivity contribution >= 4 is 11.6 Å². The van der Waals surface area contributed by atoms with Crippen molar-refractivity contribution < 1.29 is 0 Å². The highest BCUT2D eigenvalue weighted by atomic mass is 35.5. The Morgan fingerprint density at radius 1 is 1.40 bits per heavy atom. The van der Waals surface area contributed by atoms with Gasteiger partial charge < -0.3 is 9.80 Å². The first kappa shape index (κ1) is 13.3. The van der Waals surface area contributed by atoms with Gasteiger partial charge in [-0.25, -0.2) is 0 Å². The second kappa shape index (κ2) is 6.72. The van der Waals surface area contributed by atoms with E-state index in [-0.39, 0.29) is 0 Å². The van der Waals surface area contributed by atoms with Crippen LogP contribution < -0.4 is 0 Å². The zero-order valence-electron chi connectivity index (χ0n) is 10.4. The van der Waals surface area contributed by atoms with E-state index < -0.39 is 0 Å². The van der Waals surface area contributed by atoms with Gasteiger partial charge in [0.15, 0.2) is 0 Å². The molecule has 1 heterocycles. The van der Waals surface area contributed by atoms with Crippen LogP contribution in [0.15, 0.2) is 0 Å². The maximum absolute atomic E-state index is 5.82. The highest BCUT2D eigenvalue weighted by Crippen LogP contribution is 2.17. The summed E-state index contributed by atoms with van der Waals surface area (Å²) >= 11 is 5.82. The van der Waals surface area contributed by atoms with Gasteiger partial charge in [0, 0.05) is 19.0 Å². The van der Waals surface area contributed by atoms with E-state index in [1.165, 1.54) is 32.5 Å². The molecule has 0 aromatic rings. The Bertz CT molecular complexity index is 167. The lowest BCUT2D eigenvalue weighted by Crippen LogP contribution is -2.37. The van der Waals surface area contributed by atoms with E-state index in [0.29, 0.717) is 5.92 Å². The van der Waals surface area contributed by atoms with Gasteiger partial charge >= 0.3 is 0 Å². The highest BCUT2D eigenvalue weighted by Gasteiger charge is 2.18. The SMILES string of the molecule is CC(CCl)CN(C)CC1CCN(C)CC1. The van der Waals surface area contributed by atoms with Gasteiger partial charge in [-0.05, 0) is 51.9 Å². The Kier molecular flexibility index (Phi) is 5.95. The Morgan fingerprint density at radius 2 is 2.00 bits per heavy atom. The van der Waals surface area contributed by atoms with Crippen LogP contribution >= 0.6 is 11.6 Å². The fraction of sp³-hybridized carbons (Fsp3) is 1.00. The first-order valence-electron chi connectivity index (χ1n) is 6.05. The summed E-state index contributed by atoms with van der Waals surface area (Å²) in [4.78, 5) is 4.88. The summed E-state index contributed by atoms with van der Waals surface area (Å²) in [5.74, 6) is 2.29. The molecule has 0 aromatic heterocycles. The predicted octanol–water partition coefficient (Wildman–Crippen LogP) is 2.13. The van der Waals surface area contributed by atoms with Gasteiger partial charge in [0.1, 0.15) is 0 Å². The second-order valence-electron chi connectivity index (χ2n) is 5.23. The average molecular weight is 233 g/mol. The number of nitrogens with zero attached hydrogens (tertiary/aromatic N) is 2. The molecular formula is C12H25ClN2. The van der Waals surface area contributed by atoms with Crippen LogP contribution in [0.3, 0.4) is 0 Å². The van der Waals surface area contributed by atoms with Gasteiger partial charge in [-0.2, -0.15) is 0 Å². The summed E-state index contributed by atoms with van der Waals surface area (Å²) in [6, 6.07) is 0. The lowest BCUT2D eigenvalue weighted by Gasteiger charge is -2.32. The van der Waals surface area contributed by atoms with Gasteiger partial charge in [0.2, 0.25) is 0 Å². The molecule has 0 aromatic carbocycles. The molecule has 1 aliphatic rings. The zero-order valence-corrected chi connectivity index (χ0v) is 11.1. The zero-order chi connectivity index (χ0) is 11.3. The van der Waals surface area contributed by atoms with Crippen molar-refractivity contribution in [3.63, 3.8) is 0 Å². The molecule has 0 N–H and O–H groups in total.